The fourth-order valence-corrected chi connectivity index (χ4v) is 4.80. The van der Waals surface area contributed by atoms with E-state index in [-0.39, 0.29) is 42.8 Å². The number of nitrogens with one attached hydrogen (secondary N) is 2. The molecule has 4 N–H and O–H groups in total. The van der Waals surface area contributed by atoms with Crippen molar-refractivity contribution in [3.63, 3.8) is 0 Å². The van der Waals surface area contributed by atoms with Gasteiger partial charge in [0.15, 0.2) is 5.96 Å². The third-order valence-electron chi connectivity index (χ3n) is 7.14. The van der Waals surface area contributed by atoms with E-state index in [0.717, 1.165) is 47.9 Å². The Hall–Kier alpha value is -3.84. The Bertz CT molecular complexity index is 1280. The summed E-state index contributed by atoms with van der Waals surface area (Å²) < 4.78 is 11.1. The molecule has 8 heteroatoms. The summed E-state index contributed by atoms with van der Waals surface area (Å²) in [7, 11) is 0. The highest BCUT2D eigenvalue weighted by Crippen LogP contribution is 2.30. The molecule has 3 aromatic rings. The number of carbonyl (C=O) groups excluding carboxylic acids is 2. The molecule has 206 valence electrons. The first-order valence-corrected chi connectivity index (χ1v) is 13.0. The average Bonchev–Trinajstić information content (AvgIpc) is 2.92. The second-order valence-electron chi connectivity index (χ2n) is 10.0. The number of esters is 2. The van der Waals surface area contributed by atoms with Crippen LogP contribution in [0.1, 0.15) is 52.7 Å². The molecule has 3 aromatic carbocycles. The van der Waals surface area contributed by atoms with Crippen molar-refractivity contribution in [3.05, 3.63) is 89.0 Å². The summed E-state index contributed by atoms with van der Waals surface area (Å²) in [5.74, 6) is 0.267. The predicted octanol–water partition coefficient (Wildman–Crippen LogP) is 5.94. The van der Waals surface area contributed by atoms with Crippen molar-refractivity contribution in [2.75, 3.05) is 6.54 Å². The molecule has 1 aliphatic rings. The van der Waals surface area contributed by atoms with Crippen LogP contribution in [0.15, 0.2) is 66.7 Å². The molecule has 0 aromatic heterocycles. The Morgan fingerprint density at radius 1 is 0.923 bits per heavy atom. The van der Waals surface area contributed by atoms with Gasteiger partial charge in [0.05, 0.1) is 11.5 Å². The highest BCUT2D eigenvalue weighted by molar-refractivity contribution is 5.90. The first-order valence-electron chi connectivity index (χ1n) is 13.0. The van der Waals surface area contributed by atoms with E-state index in [2.05, 4.69) is 11.4 Å². The van der Waals surface area contributed by atoms with Crippen LogP contribution in [0.4, 0.5) is 0 Å². The molecule has 1 fully saturated rings. The third-order valence-corrected chi connectivity index (χ3v) is 7.14. The average molecular weight is 550 g/mol. The van der Waals surface area contributed by atoms with Crippen LogP contribution in [0, 0.1) is 31.1 Å². The van der Waals surface area contributed by atoms with E-state index in [9.17, 15) is 9.59 Å². The van der Waals surface area contributed by atoms with Crippen LogP contribution in [0.5, 0.6) is 5.75 Å². The van der Waals surface area contributed by atoms with E-state index in [1.807, 2.05) is 50.2 Å². The fourth-order valence-electron chi connectivity index (χ4n) is 4.80. The minimum Gasteiger partial charge on any atom is -0.457 e. The number of aryl methyl sites for hydroxylation is 2. The second-order valence-corrected chi connectivity index (χ2v) is 10.0. The standard InChI is InChI=1S/C31H35N3O4.ClH/c1-20-3-6-27(21(2)17-20)19-37-29(35)25-11-9-23(10-12-25)24-13-15-28(16-14-24)38-30(36)26-7-4-22(5-8-26)18-34-31(32)33;/h3,6,9-17,22,26H,4-5,7-8,18-19H2,1-2H3,(H4,32,33,34);1H/t22-,26-;. The van der Waals surface area contributed by atoms with Gasteiger partial charge in [0.1, 0.15) is 12.4 Å². The Balaban J connectivity index is 0.00000420. The molecule has 0 atom stereocenters. The van der Waals surface area contributed by atoms with Crippen LogP contribution in [-0.4, -0.2) is 24.4 Å². The van der Waals surface area contributed by atoms with Gasteiger partial charge in [-0.15, -0.1) is 12.4 Å². The van der Waals surface area contributed by atoms with Crippen LogP contribution in [0.25, 0.3) is 11.1 Å². The normalized spacial score (nSPS) is 16.5. The van der Waals surface area contributed by atoms with Crippen molar-refractivity contribution in [1.29, 1.82) is 5.41 Å². The number of benzene rings is 3. The molecule has 0 radical (unpaired) electrons. The second kappa shape index (κ2) is 13.8. The number of rotatable bonds is 8. The molecule has 1 saturated carbocycles. The lowest BCUT2D eigenvalue weighted by Crippen LogP contribution is -2.36. The van der Waals surface area contributed by atoms with Crippen molar-refractivity contribution < 1.29 is 19.1 Å². The molecule has 0 aliphatic heterocycles. The van der Waals surface area contributed by atoms with Crippen molar-refractivity contribution >= 4 is 30.3 Å². The van der Waals surface area contributed by atoms with Gasteiger partial charge in [-0.05, 0) is 92.0 Å². The number of hydrogen-bond donors (Lipinski definition) is 3. The summed E-state index contributed by atoms with van der Waals surface area (Å²) in [5, 5.41) is 10.1. The lowest BCUT2D eigenvalue weighted by Gasteiger charge is -2.27. The maximum Gasteiger partial charge on any atom is 0.338 e. The maximum atomic E-state index is 12.6. The van der Waals surface area contributed by atoms with E-state index < -0.39 is 0 Å². The zero-order valence-electron chi connectivity index (χ0n) is 22.4. The van der Waals surface area contributed by atoms with E-state index >= 15 is 0 Å². The molecule has 1 aliphatic carbocycles. The van der Waals surface area contributed by atoms with Gasteiger partial charge in [-0.25, -0.2) is 4.79 Å². The first kappa shape index (κ1) is 29.7. The quantitative estimate of drug-likeness (QED) is 0.138. The van der Waals surface area contributed by atoms with Crippen LogP contribution in [0.2, 0.25) is 0 Å². The van der Waals surface area contributed by atoms with Gasteiger partial charge in [0, 0.05) is 6.54 Å². The zero-order chi connectivity index (χ0) is 27.1. The number of hydrogen-bond acceptors (Lipinski definition) is 5. The summed E-state index contributed by atoms with van der Waals surface area (Å²) in [5.41, 5.74) is 11.0. The van der Waals surface area contributed by atoms with Gasteiger partial charge in [-0.3, -0.25) is 10.2 Å². The summed E-state index contributed by atoms with van der Waals surface area (Å²) in [6, 6.07) is 20.8. The SMILES string of the molecule is Cc1ccc(COC(=O)c2ccc(-c3ccc(OC(=O)[C@H]4CC[C@H](CNC(=N)N)CC4)cc3)cc2)c(C)c1.Cl. The maximum absolute atomic E-state index is 12.6. The monoisotopic (exact) mass is 549 g/mol. The largest absolute Gasteiger partial charge is 0.457 e. The number of ether oxygens (including phenoxy) is 2. The van der Waals surface area contributed by atoms with Gasteiger partial charge in [-0.2, -0.15) is 0 Å². The molecular weight excluding hydrogens is 514 g/mol. The molecule has 7 nitrogen and oxygen atoms in total. The Kier molecular flexibility index (Phi) is 10.5. The highest BCUT2D eigenvalue weighted by atomic mass is 35.5. The Morgan fingerprint density at radius 2 is 1.54 bits per heavy atom. The van der Waals surface area contributed by atoms with Crippen molar-refractivity contribution in [1.82, 2.24) is 5.32 Å². The van der Waals surface area contributed by atoms with Crippen molar-refractivity contribution in [2.24, 2.45) is 17.6 Å². The van der Waals surface area contributed by atoms with Gasteiger partial charge in [0.25, 0.3) is 0 Å². The summed E-state index contributed by atoms with van der Waals surface area (Å²) >= 11 is 0. The third kappa shape index (κ3) is 8.32. The summed E-state index contributed by atoms with van der Waals surface area (Å²) in [6.07, 6.45) is 3.38. The van der Waals surface area contributed by atoms with Crippen LogP contribution in [0.3, 0.4) is 0 Å². The Morgan fingerprint density at radius 3 is 2.13 bits per heavy atom. The van der Waals surface area contributed by atoms with Gasteiger partial charge in [0.2, 0.25) is 0 Å². The molecule has 0 saturated heterocycles. The Labute approximate surface area is 236 Å². The number of guanidine groups is 1. The van der Waals surface area contributed by atoms with Gasteiger partial charge in [-0.1, -0.05) is 48.0 Å². The molecule has 0 bridgehead atoms. The van der Waals surface area contributed by atoms with Crippen molar-refractivity contribution in [2.45, 2.75) is 46.1 Å². The number of halogens is 1. The molecular formula is C31H36ClN3O4. The highest BCUT2D eigenvalue weighted by Gasteiger charge is 2.27. The molecule has 0 amide bonds. The smallest absolute Gasteiger partial charge is 0.338 e. The fraction of sp³-hybridized carbons (Fsp3) is 0.323. The van der Waals surface area contributed by atoms with Crippen molar-refractivity contribution in [3.8, 4) is 16.9 Å². The summed E-state index contributed by atoms with van der Waals surface area (Å²) in [6.45, 7) is 4.97. The minimum atomic E-state index is -0.358. The van der Waals surface area contributed by atoms with Crippen LogP contribution >= 0.6 is 12.4 Å². The van der Waals surface area contributed by atoms with Crippen LogP contribution < -0.4 is 15.8 Å². The molecule has 0 heterocycles. The van der Waals surface area contributed by atoms with Gasteiger partial charge < -0.3 is 20.5 Å². The molecule has 39 heavy (non-hydrogen) atoms. The van der Waals surface area contributed by atoms with E-state index in [1.165, 1.54) is 5.56 Å². The topological polar surface area (TPSA) is 114 Å². The first-order chi connectivity index (χ1) is 18.3. The zero-order valence-corrected chi connectivity index (χ0v) is 23.2. The lowest BCUT2D eigenvalue weighted by atomic mass is 9.82. The van der Waals surface area contributed by atoms with E-state index in [0.29, 0.717) is 23.8 Å². The van der Waals surface area contributed by atoms with E-state index in [4.69, 9.17) is 20.6 Å². The summed E-state index contributed by atoms with van der Waals surface area (Å²) in [4.78, 5) is 25.2. The van der Waals surface area contributed by atoms with E-state index in [1.54, 1.807) is 24.3 Å². The lowest BCUT2D eigenvalue weighted by molar-refractivity contribution is -0.140. The van der Waals surface area contributed by atoms with Crippen LogP contribution in [-0.2, 0) is 16.1 Å². The molecule has 0 unspecified atom stereocenters. The molecule has 4 rings (SSSR count). The number of carbonyl (C=O) groups is 2. The minimum absolute atomic E-state index is 0. The predicted molar refractivity (Wildman–Crippen MR) is 155 cm³/mol. The molecule has 0 spiro atoms. The van der Waals surface area contributed by atoms with Gasteiger partial charge >= 0.3 is 11.9 Å². The number of nitrogens with two attached hydrogens (primary N) is 1.